The van der Waals surface area contributed by atoms with Crippen LogP contribution in [0.25, 0.3) is 0 Å². The normalized spacial score (nSPS) is 15.4. The number of nitrogens with zero attached hydrogens (tertiary/aromatic N) is 2. The molecule has 158 valence electrons. The van der Waals surface area contributed by atoms with E-state index in [-0.39, 0.29) is 18.3 Å². The molecule has 28 heavy (non-hydrogen) atoms. The van der Waals surface area contributed by atoms with Gasteiger partial charge in [-0.05, 0) is 18.6 Å². The van der Waals surface area contributed by atoms with Crippen molar-refractivity contribution in [1.29, 1.82) is 0 Å². The van der Waals surface area contributed by atoms with Gasteiger partial charge in [0.05, 0.1) is 40.1 Å². The van der Waals surface area contributed by atoms with Crippen molar-refractivity contribution in [3.05, 3.63) is 23.7 Å². The molecule has 0 unspecified atom stereocenters. The number of carbonyl (C=O) groups excluding carboxylic acids is 2. The minimum Gasteiger partial charge on any atom is -0.463 e. The molecule has 1 aromatic heterocycles. The molecule has 9 nitrogen and oxygen atoms in total. The number of ether oxygens (including phenoxy) is 4. The van der Waals surface area contributed by atoms with Crippen LogP contribution in [0, 0.1) is 0 Å². The van der Waals surface area contributed by atoms with Crippen molar-refractivity contribution in [2.75, 3.05) is 73.4 Å². The molecule has 1 aliphatic heterocycles. The van der Waals surface area contributed by atoms with Crippen LogP contribution >= 0.6 is 0 Å². The van der Waals surface area contributed by atoms with Crippen LogP contribution in [0.5, 0.6) is 0 Å². The first-order chi connectivity index (χ1) is 13.6. The summed E-state index contributed by atoms with van der Waals surface area (Å²) in [6.07, 6.45) is 0.871. The third-order valence-electron chi connectivity index (χ3n) is 4.40. The number of rotatable bonds is 11. The van der Waals surface area contributed by atoms with Gasteiger partial charge in [0.15, 0.2) is 0 Å². The van der Waals surface area contributed by atoms with Crippen molar-refractivity contribution in [2.45, 2.75) is 13.0 Å². The van der Waals surface area contributed by atoms with Gasteiger partial charge < -0.3 is 28.3 Å². The molecule has 1 aliphatic rings. The Hall–Kier alpha value is -1.94. The highest BCUT2D eigenvalue weighted by atomic mass is 16.5. The molecule has 0 aliphatic carbocycles. The lowest BCUT2D eigenvalue weighted by atomic mass is 10.3. The molecule has 0 atom stereocenters. The van der Waals surface area contributed by atoms with Crippen molar-refractivity contribution >= 4 is 11.9 Å². The first-order valence-electron chi connectivity index (χ1n) is 9.45. The summed E-state index contributed by atoms with van der Waals surface area (Å²) >= 11 is 0. The topological polar surface area (TPSA) is 90.7 Å². The average Bonchev–Trinajstić information content (AvgIpc) is 3.04. The van der Waals surface area contributed by atoms with E-state index in [9.17, 15) is 9.59 Å². The number of esters is 1. The summed E-state index contributed by atoms with van der Waals surface area (Å²) in [5, 5.41) is 0. The Labute approximate surface area is 165 Å². The molecule has 2 rings (SSSR count). The SMILES string of the molecule is COCCOCCOCC(=O)N1CCCN(Cc2ccc(C(=O)OC)o2)CC1. The predicted octanol–water partition coefficient (Wildman–Crippen LogP) is 0.780. The summed E-state index contributed by atoms with van der Waals surface area (Å²) in [5.41, 5.74) is 0. The summed E-state index contributed by atoms with van der Waals surface area (Å²) < 4.78 is 25.7. The van der Waals surface area contributed by atoms with E-state index in [0.717, 1.165) is 19.5 Å². The zero-order chi connectivity index (χ0) is 20.2. The van der Waals surface area contributed by atoms with E-state index in [4.69, 9.17) is 18.6 Å². The van der Waals surface area contributed by atoms with E-state index in [1.54, 1.807) is 19.2 Å². The Morgan fingerprint density at radius 1 is 1.00 bits per heavy atom. The smallest absolute Gasteiger partial charge is 0.373 e. The molecular formula is C19H30N2O7. The van der Waals surface area contributed by atoms with Crippen LogP contribution in [0.1, 0.15) is 22.7 Å². The van der Waals surface area contributed by atoms with Gasteiger partial charge in [-0.15, -0.1) is 0 Å². The third kappa shape index (κ3) is 7.59. The fourth-order valence-corrected chi connectivity index (χ4v) is 2.88. The molecule has 0 N–H and O–H groups in total. The van der Waals surface area contributed by atoms with Crippen LogP contribution < -0.4 is 0 Å². The maximum absolute atomic E-state index is 12.3. The largest absolute Gasteiger partial charge is 0.463 e. The maximum Gasteiger partial charge on any atom is 0.373 e. The Balaban J connectivity index is 1.67. The van der Waals surface area contributed by atoms with Crippen molar-refractivity contribution in [3.8, 4) is 0 Å². The summed E-state index contributed by atoms with van der Waals surface area (Å²) in [4.78, 5) is 27.8. The number of amides is 1. The van der Waals surface area contributed by atoms with Gasteiger partial charge >= 0.3 is 5.97 Å². The van der Waals surface area contributed by atoms with E-state index in [1.807, 2.05) is 4.90 Å². The number of hydrogen-bond acceptors (Lipinski definition) is 8. The molecular weight excluding hydrogens is 368 g/mol. The van der Waals surface area contributed by atoms with Crippen LogP contribution in [0.4, 0.5) is 0 Å². The molecule has 1 amide bonds. The molecule has 0 bridgehead atoms. The second kappa shape index (κ2) is 12.5. The molecule has 1 fully saturated rings. The van der Waals surface area contributed by atoms with Crippen LogP contribution in [0.15, 0.2) is 16.5 Å². The number of methoxy groups -OCH3 is 2. The highest BCUT2D eigenvalue weighted by molar-refractivity contribution is 5.86. The van der Waals surface area contributed by atoms with Gasteiger partial charge in [0.1, 0.15) is 12.4 Å². The molecule has 2 heterocycles. The van der Waals surface area contributed by atoms with Crippen LogP contribution in [0.2, 0.25) is 0 Å². The monoisotopic (exact) mass is 398 g/mol. The molecule has 9 heteroatoms. The van der Waals surface area contributed by atoms with E-state index >= 15 is 0 Å². The Bertz CT molecular complexity index is 605. The van der Waals surface area contributed by atoms with Gasteiger partial charge in [-0.25, -0.2) is 4.79 Å². The van der Waals surface area contributed by atoms with E-state index in [2.05, 4.69) is 9.64 Å². The highest BCUT2D eigenvalue weighted by Gasteiger charge is 2.20. The van der Waals surface area contributed by atoms with Gasteiger partial charge in [0, 0.05) is 33.3 Å². The minimum atomic E-state index is -0.483. The van der Waals surface area contributed by atoms with Crippen molar-refractivity contribution in [1.82, 2.24) is 9.80 Å². The molecule has 1 saturated heterocycles. The number of hydrogen-bond donors (Lipinski definition) is 0. The van der Waals surface area contributed by atoms with Crippen LogP contribution in [-0.2, 0) is 30.3 Å². The van der Waals surface area contributed by atoms with E-state index < -0.39 is 5.97 Å². The fraction of sp³-hybridized carbons (Fsp3) is 0.684. The number of carbonyl (C=O) groups is 2. The first kappa shape index (κ1) is 22.4. The Kier molecular flexibility index (Phi) is 9.98. The Morgan fingerprint density at radius 3 is 2.57 bits per heavy atom. The maximum atomic E-state index is 12.3. The van der Waals surface area contributed by atoms with Crippen molar-refractivity contribution in [3.63, 3.8) is 0 Å². The van der Waals surface area contributed by atoms with E-state index in [1.165, 1.54) is 7.11 Å². The van der Waals surface area contributed by atoms with Crippen LogP contribution in [0.3, 0.4) is 0 Å². The van der Waals surface area contributed by atoms with Gasteiger partial charge in [-0.3, -0.25) is 9.69 Å². The van der Waals surface area contributed by atoms with Crippen molar-refractivity contribution in [2.24, 2.45) is 0 Å². The summed E-state index contributed by atoms with van der Waals surface area (Å²) in [7, 11) is 2.94. The van der Waals surface area contributed by atoms with E-state index in [0.29, 0.717) is 51.8 Å². The molecule has 0 saturated carbocycles. The molecule has 1 aromatic rings. The fourth-order valence-electron chi connectivity index (χ4n) is 2.88. The van der Waals surface area contributed by atoms with Gasteiger partial charge in [-0.1, -0.05) is 0 Å². The zero-order valence-electron chi connectivity index (χ0n) is 16.7. The lowest BCUT2D eigenvalue weighted by molar-refractivity contribution is -0.136. The predicted molar refractivity (Wildman–Crippen MR) is 100 cm³/mol. The van der Waals surface area contributed by atoms with Crippen molar-refractivity contribution < 1.29 is 33.0 Å². The summed E-state index contributed by atoms with van der Waals surface area (Å²) in [6, 6.07) is 3.40. The standard InChI is InChI=1S/C19H30N2O7/c1-24-10-11-26-12-13-27-15-18(22)21-7-3-6-20(8-9-21)14-16-4-5-17(28-16)19(23)25-2/h4-5H,3,6-15H2,1-2H3. The average molecular weight is 398 g/mol. The van der Waals surface area contributed by atoms with Gasteiger partial charge in [0.25, 0.3) is 0 Å². The molecule has 0 aromatic carbocycles. The highest BCUT2D eigenvalue weighted by Crippen LogP contribution is 2.13. The third-order valence-corrected chi connectivity index (χ3v) is 4.40. The zero-order valence-corrected chi connectivity index (χ0v) is 16.7. The summed E-state index contributed by atoms with van der Waals surface area (Å²) in [5.74, 6) is 0.414. The first-order valence-corrected chi connectivity index (χ1v) is 9.45. The lowest BCUT2D eigenvalue weighted by Crippen LogP contribution is -2.37. The van der Waals surface area contributed by atoms with Gasteiger partial charge in [-0.2, -0.15) is 0 Å². The second-order valence-corrected chi connectivity index (χ2v) is 6.43. The minimum absolute atomic E-state index is 0.00952. The van der Waals surface area contributed by atoms with Crippen LogP contribution in [-0.4, -0.2) is 95.1 Å². The second-order valence-electron chi connectivity index (χ2n) is 6.43. The summed E-state index contributed by atoms with van der Waals surface area (Å²) in [6.45, 7) is 5.48. The molecule has 0 radical (unpaired) electrons. The van der Waals surface area contributed by atoms with Gasteiger partial charge in [0.2, 0.25) is 11.7 Å². The Morgan fingerprint density at radius 2 is 1.79 bits per heavy atom. The number of furan rings is 1. The molecule has 0 spiro atoms. The lowest BCUT2D eigenvalue weighted by Gasteiger charge is -2.21. The quantitative estimate of drug-likeness (QED) is 0.399.